The van der Waals surface area contributed by atoms with Crippen molar-refractivity contribution >= 4 is 22.5 Å². The molecular weight excluding hydrogens is 414 g/mol. The molecule has 3 aromatic heterocycles. The molecule has 2 saturated heterocycles. The smallest absolute Gasteiger partial charge is 0.139 e. The topological polar surface area (TPSA) is 102 Å². The fraction of sp³-hybridized carbons (Fsp3) is 0.480. The predicted molar refractivity (Wildman–Crippen MR) is 129 cm³/mol. The van der Waals surface area contributed by atoms with Crippen LogP contribution in [0.25, 0.3) is 11.0 Å². The molecular formula is C25H31N7O. The number of anilines is 2. The van der Waals surface area contributed by atoms with Crippen molar-refractivity contribution in [3.63, 3.8) is 0 Å². The van der Waals surface area contributed by atoms with Crippen LogP contribution in [0.4, 0.5) is 11.5 Å². The fourth-order valence-corrected chi connectivity index (χ4v) is 4.98. The van der Waals surface area contributed by atoms with Crippen molar-refractivity contribution in [1.29, 1.82) is 5.26 Å². The van der Waals surface area contributed by atoms with E-state index in [2.05, 4.69) is 57.6 Å². The number of aromatic amines is 1. The highest BCUT2D eigenvalue weighted by Crippen LogP contribution is 2.37. The molecule has 33 heavy (non-hydrogen) atoms. The summed E-state index contributed by atoms with van der Waals surface area (Å²) in [5.74, 6) is 1.40. The highest BCUT2D eigenvalue weighted by atomic mass is 16.5. The molecule has 0 bridgehead atoms. The van der Waals surface area contributed by atoms with Crippen LogP contribution in [-0.4, -0.2) is 53.3 Å². The molecule has 0 aromatic carbocycles. The van der Waals surface area contributed by atoms with Gasteiger partial charge in [-0.2, -0.15) is 5.26 Å². The highest BCUT2D eigenvalue weighted by molar-refractivity contribution is 5.95. The number of nitrogens with zero attached hydrogens (tertiary/aromatic N) is 4. The molecule has 0 spiro atoms. The lowest BCUT2D eigenvalue weighted by Crippen LogP contribution is -2.57. The lowest BCUT2D eigenvalue weighted by Gasteiger charge is -2.39. The molecule has 5 heterocycles. The van der Waals surface area contributed by atoms with Gasteiger partial charge in [-0.25, -0.2) is 9.97 Å². The van der Waals surface area contributed by atoms with Gasteiger partial charge in [-0.15, -0.1) is 0 Å². The maximum atomic E-state index is 9.79. The number of piperazine rings is 1. The number of aromatic nitrogens is 3. The number of ether oxygens (including phenoxy) is 1. The van der Waals surface area contributed by atoms with Crippen LogP contribution in [0.2, 0.25) is 0 Å². The summed E-state index contributed by atoms with van der Waals surface area (Å²) in [7, 11) is 0. The molecule has 0 amide bonds. The summed E-state index contributed by atoms with van der Waals surface area (Å²) in [4.78, 5) is 15.1. The minimum Gasteiger partial charge on any atom is -0.381 e. The number of H-pyrrole nitrogens is 1. The number of hydrogen-bond donors (Lipinski definition) is 3. The van der Waals surface area contributed by atoms with Crippen molar-refractivity contribution in [2.45, 2.75) is 44.7 Å². The maximum Gasteiger partial charge on any atom is 0.139 e. The molecule has 3 aromatic rings. The summed E-state index contributed by atoms with van der Waals surface area (Å²) in [5.41, 5.74) is 4.41. The van der Waals surface area contributed by atoms with E-state index in [0.29, 0.717) is 18.0 Å². The summed E-state index contributed by atoms with van der Waals surface area (Å²) in [6.07, 6.45) is 5.65. The quantitative estimate of drug-likeness (QED) is 0.552. The second kappa shape index (κ2) is 9.00. The standard InChI is InChI=1S/C25H31N7O/c1-25(2)16-32(9-8-30-25)21-5-3-4-19(31-21)14-27-23-18(12-26)13-28-24-22(23)20(15-29-24)17-6-10-33-11-7-17/h3-5,13,15,17,30H,6-11,14,16H2,1-2H3,(H2,27,28,29). The van der Waals surface area contributed by atoms with E-state index in [-0.39, 0.29) is 5.54 Å². The number of pyridine rings is 2. The van der Waals surface area contributed by atoms with Crippen LogP contribution in [0.5, 0.6) is 0 Å². The van der Waals surface area contributed by atoms with Crippen LogP contribution in [-0.2, 0) is 11.3 Å². The Balaban J connectivity index is 1.42. The first-order chi connectivity index (χ1) is 16.0. The van der Waals surface area contributed by atoms with Crippen molar-refractivity contribution in [3.8, 4) is 6.07 Å². The number of rotatable bonds is 5. The first-order valence-electron chi connectivity index (χ1n) is 11.7. The van der Waals surface area contributed by atoms with Crippen molar-refractivity contribution in [2.24, 2.45) is 0 Å². The Hall–Kier alpha value is -3.15. The van der Waals surface area contributed by atoms with E-state index in [1.165, 1.54) is 5.56 Å². The van der Waals surface area contributed by atoms with Gasteiger partial charge >= 0.3 is 0 Å². The molecule has 0 radical (unpaired) electrons. The van der Waals surface area contributed by atoms with Gasteiger partial charge in [0.2, 0.25) is 0 Å². The molecule has 0 atom stereocenters. The molecule has 2 aliphatic heterocycles. The molecule has 2 fully saturated rings. The minimum absolute atomic E-state index is 0.0629. The molecule has 0 saturated carbocycles. The van der Waals surface area contributed by atoms with Crippen LogP contribution >= 0.6 is 0 Å². The van der Waals surface area contributed by atoms with E-state index in [9.17, 15) is 5.26 Å². The largest absolute Gasteiger partial charge is 0.381 e. The zero-order valence-electron chi connectivity index (χ0n) is 19.3. The van der Waals surface area contributed by atoms with E-state index >= 15 is 0 Å². The Kier molecular flexibility index (Phi) is 5.92. The summed E-state index contributed by atoms with van der Waals surface area (Å²) in [5, 5.41) is 17.9. The highest BCUT2D eigenvalue weighted by Gasteiger charge is 2.26. The Bertz CT molecular complexity index is 1170. The van der Waals surface area contributed by atoms with Crippen molar-refractivity contribution in [3.05, 3.63) is 47.4 Å². The third-order valence-corrected chi connectivity index (χ3v) is 6.65. The second-order valence-corrected chi connectivity index (χ2v) is 9.59. The molecule has 8 heteroatoms. The fourth-order valence-electron chi connectivity index (χ4n) is 4.98. The van der Waals surface area contributed by atoms with Crippen LogP contribution in [0.15, 0.2) is 30.6 Å². The molecule has 2 aliphatic rings. The molecule has 0 aliphatic carbocycles. The lowest BCUT2D eigenvalue weighted by molar-refractivity contribution is 0.0856. The second-order valence-electron chi connectivity index (χ2n) is 9.59. The van der Waals surface area contributed by atoms with E-state index in [1.807, 2.05) is 12.3 Å². The van der Waals surface area contributed by atoms with Gasteiger partial charge in [0, 0.05) is 56.2 Å². The number of hydrogen-bond acceptors (Lipinski definition) is 7. The number of nitrogens with one attached hydrogen (secondary N) is 3. The Morgan fingerprint density at radius 1 is 1.30 bits per heavy atom. The van der Waals surface area contributed by atoms with E-state index < -0.39 is 0 Å². The molecule has 8 nitrogen and oxygen atoms in total. The van der Waals surface area contributed by atoms with Gasteiger partial charge in [-0.1, -0.05) is 6.07 Å². The SMILES string of the molecule is CC1(C)CN(c2cccc(CNc3c(C#N)cnc4[nH]cc(C5CCOCC5)c34)n2)CCN1. The molecule has 172 valence electrons. The summed E-state index contributed by atoms with van der Waals surface area (Å²) < 4.78 is 5.55. The summed E-state index contributed by atoms with van der Waals surface area (Å²) >= 11 is 0. The zero-order chi connectivity index (χ0) is 22.8. The van der Waals surface area contributed by atoms with Crippen molar-refractivity contribution in [1.82, 2.24) is 20.3 Å². The van der Waals surface area contributed by atoms with Gasteiger partial charge < -0.3 is 25.3 Å². The number of nitriles is 1. The van der Waals surface area contributed by atoms with Gasteiger partial charge in [0.1, 0.15) is 17.5 Å². The summed E-state index contributed by atoms with van der Waals surface area (Å²) in [6, 6.07) is 8.49. The van der Waals surface area contributed by atoms with Gasteiger partial charge in [-0.3, -0.25) is 0 Å². The third kappa shape index (κ3) is 4.52. The third-order valence-electron chi connectivity index (χ3n) is 6.65. The Labute approximate surface area is 194 Å². The normalized spacial score (nSPS) is 18.9. The van der Waals surface area contributed by atoms with Crippen LogP contribution in [0.1, 0.15) is 49.4 Å². The van der Waals surface area contributed by atoms with E-state index in [0.717, 1.165) is 73.9 Å². The molecule has 3 N–H and O–H groups in total. The average Bonchev–Trinajstić information content (AvgIpc) is 3.27. The van der Waals surface area contributed by atoms with E-state index in [1.54, 1.807) is 6.20 Å². The van der Waals surface area contributed by atoms with Crippen molar-refractivity contribution in [2.75, 3.05) is 43.1 Å². The first kappa shape index (κ1) is 21.7. The van der Waals surface area contributed by atoms with Gasteiger partial charge in [0.25, 0.3) is 0 Å². The van der Waals surface area contributed by atoms with Crippen LogP contribution < -0.4 is 15.5 Å². The van der Waals surface area contributed by atoms with Crippen molar-refractivity contribution < 1.29 is 4.74 Å². The monoisotopic (exact) mass is 445 g/mol. The lowest BCUT2D eigenvalue weighted by atomic mass is 9.91. The maximum absolute atomic E-state index is 9.79. The summed E-state index contributed by atoms with van der Waals surface area (Å²) in [6.45, 7) is 9.31. The van der Waals surface area contributed by atoms with Gasteiger partial charge in [0.15, 0.2) is 0 Å². The molecule has 0 unspecified atom stereocenters. The predicted octanol–water partition coefficient (Wildman–Crippen LogP) is 3.52. The molecule has 5 rings (SSSR count). The average molecular weight is 446 g/mol. The van der Waals surface area contributed by atoms with Crippen LogP contribution in [0.3, 0.4) is 0 Å². The van der Waals surface area contributed by atoms with Crippen LogP contribution in [0, 0.1) is 11.3 Å². The van der Waals surface area contributed by atoms with Gasteiger partial charge in [-0.05, 0) is 50.3 Å². The van der Waals surface area contributed by atoms with E-state index in [4.69, 9.17) is 9.72 Å². The number of fused-ring (bicyclic) bond motifs is 1. The Morgan fingerprint density at radius 2 is 2.15 bits per heavy atom. The Morgan fingerprint density at radius 3 is 2.94 bits per heavy atom. The zero-order valence-corrected chi connectivity index (χ0v) is 19.3. The minimum atomic E-state index is 0.0629. The first-order valence-corrected chi connectivity index (χ1v) is 11.7. The van der Waals surface area contributed by atoms with Gasteiger partial charge in [0.05, 0.1) is 23.5 Å².